The van der Waals surface area contributed by atoms with Gasteiger partial charge in [-0.3, -0.25) is 9.69 Å². The van der Waals surface area contributed by atoms with Crippen molar-refractivity contribution in [2.24, 2.45) is 0 Å². The molecule has 1 fully saturated rings. The van der Waals surface area contributed by atoms with Gasteiger partial charge < -0.3 is 5.32 Å². The van der Waals surface area contributed by atoms with Gasteiger partial charge in [0.25, 0.3) is 0 Å². The monoisotopic (exact) mass is 463 g/mol. The Morgan fingerprint density at radius 1 is 1.10 bits per heavy atom. The number of halogens is 1. The number of nitrogens with one attached hydrogen (secondary N) is 1. The predicted octanol–water partition coefficient (Wildman–Crippen LogP) is 3.48. The standard InChI is InChI=1S/C23H30ClN3O3S/c1-3-5-19-8-10-22(11-9-19)31(29,30)27-14-12-26(13-15-27)17-23(28)25-18(2)20-6-4-7-21(24)16-20/h4,6-11,16,18H,3,5,12-15,17H2,1-2H3,(H,25,28). The van der Waals surface area contributed by atoms with Gasteiger partial charge in [-0.15, -0.1) is 0 Å². The fourth-order valence-corrected chi connectivity index (χ4v) is 5.36. The van der Waals surface area contributed by atoms with Crippen LogP contribution in [0.25, 0.3) is 0 Å². The molecule has 0 saturated carbocycles. The molecular formula is C23H30ClN3O3S. The first-order chi connectivity index (χ1) is 14.8. The average Bonchev–Trinajstić information content (AvgIpc) is 2.74. The van der Waals surface area contributed by atoms with Gasteiger partial charge in [0, 0.05) is 31.2 Å². The Balaban J connectivity index is 1.51. The third kappa shape index (κ3) is 6.29. The van der Waals surface area contributed by atoms with Gasteiger partial charge in [0.2, 0.25) is 15.9 Å². The van der Waals surface area contributed by atoms with Crippen molar-refractivity contribution < 1.29 is 13.2 Å². The van der Waals surface area contributed by atoms with Gasteiger partial charge in [0.1, 0.15) is 0 Å². The first-order valence-corrected chi connectivity index (χ1v) is 12.5. The van der Waals surface area contributed by atoms with Gasteiger partial charge >= 0.3 is 0 Å². The van der Waals surface area contributed by atoms with Gasteiger partial charge in [-0.1, -0.05) is 49.2 Å². The topological polar surface area (TPSA) is 69.7 Å². The molecule has 168 valence electrons. The molecule has 6 nitrogen and oxygen atoms in total. The van der Waals surface area contributed by atoms with Crippen LogP contribution in [0.15, 0.2) is 53.4 Å². The average molecular weight is 464 g/mol. The van der Waals surface area contributed by atoms with Crippen LogP contribution >= 0.6 is 11.6 Å². The Bertz CT molecular complexity index is 987. The Morgan fingerprint density at radius 3 is 2.39 bits per heavy atom. The fraction of sp³-hybridized carbons (Fsp3) is 0.435. The maximum Gasteiger partial charge on any atom is 0.243 e. The molecule has 1 N–H and O–H groups in total. The van der Waals surface area contributed by atoms with Crippen LogP contribution in [0.2, 0.25) is 5.02 Å². The number of aryl methyl sites for hydroxylation is 1. The molecule has 2 aromatic carbocycles. The van der Waals surface area contributed by atoms with E-state index < -0.39 is 10.0 Å². The van der Waals surface area contributed by atoms with E-state index in [9.17, 15) is 13.2 Å². The molecule has 1 aliphatic rings. The number of amides is 1. The largest absolute Gasteiger partial charge is 0.348 e. The molecule has 1 heterocycles. The smallest absolute Gasteiger partial charge is 0.243 e. The van der Waals surface area contributed by atoms with Crippen molar-refractivity contribution in [3.8, 4) is 0 Å². The van der Waals surface area contributed by atoms with Gasteiger partial charge in [0.15, 0.2) is 0 Å². The lowest BCUT2D eigenvalue weighted by Crippen LogP contribution is -2.51. The Kier molecular flexibility index (Phi) is 8.11. The lowest BCUT2D eigenvalue weighted by Gasteiger charge is -2.33. The number of benzene rings is 2. The van der Waals surface area contributed by atoms with Crippen LogP contribution in [-0.2, 0) is 21.2 Å². The van der Waals surface area contributed by atoms with Crippen molar-refractivity contribution in [1.29, 1.82) is 0 Å². The second kappa shape index (κ2) is 10.6. The van der Waals surface area contributed by atoms with Crippen LogP contribution in [0.3, 0.4) is 0 Å². The highest BCUT2D eigenvalue weighted by Crippen LogP contribution is 2.20. The minimum Gasteiger partial charge on any atom is -0.348 e. The maximum atomic E-state index is 12.9. The summed E-state index contributed by atoms with van der Waals surface area (Å²) < 4.78 is 27.4. The molecule has 2 aromatic rings. The number of piperazine rings is 1. The van der Waals surface area contributed by atoms with Crippen LogP contribution < -0.4 is 5.32 Å². The van der Waals surface area contributed by atoms with E-state index in [0.29, 0.717) is 36.1 Å². The zero-order chi connectivity index (χ0) is 22.4. The van der Waals surface area contributed by atoms with E-state index in [4.69, 9.17) is 11.6 Å². The first-order valence-electron chi connectivity index (χ1n) is 10.7. The normalized spacial score (nSPS) is 16.7. The second-order valence-electron chi connectivity index (χ2n) is 7.92. The molecule has 1 aliphatic heterocycles. The highest BCUT2D eigenvalue weighted by Gasteiger charge is 2.29. The number of hydrogen-bond donors (Lipinski definition) is 1. The highest BCUT2D eigenvalue weighted by atomic mass is 35.5. The molecule has 0 aliphatic carbocycles. The fourth-order valence-electron chi connectivity index (χ4n) is 3.74. The van der Waals surface area contributed by atoms with Crippen molar-refractivity contribution in [2.45, 2.75) is 37.6 Å². The first kappa shape index (κ1) is 23.7. The van der Waals surface area contributed by atoms with E-state index in [1.54, 1.807) is 18.2 Å². The van der Waals surface area contributed by atoms with Crippen LogP contribution in [0.5, 0.6) is 0 Å². The van der Waals surface area contributed by atoms with Crippen molar-refractivity contribution >= 4 is 27.5 Å². The van der Waals surface area contributed by atoms with Gasteiger partial charge in [-0.25, -0.2) is 8.42 Å². The summed E-state index contributed by atoms with van der Waals surface area (Å²) in [7, 11) is -3.51. The number of carbonyl (C=O) groups excluding carboxylic acids is 1. The van der Waals surface area contributed by atoms with Crippen LogP contribution in [0.4, 0.5) is 0 Å². The molecule has 8 heteroatoms. The molecule has 0 aromatic heterocycles. The predicted molar refractivity (Wildman–Crippen MR) is 124 cm³/mol. The van der Waals surface area contributed by atoms with Crippen molar-refractivity contribution in [2.75, 3.05) is 32.7 Å². The van der Waals surface area contributed by atoms with E-state index >= 15 is 0 Å². The van der Waals surface area contributed by atoms with Crippen molar-refractivity contribution in [1.82, 2.24) is 14.5 Å². The Labute approximate surface area is 190 Å². The summed E-state index contributed by atoms with van der Waals surface area (Å²) in [6.07, 6.45) is 1.97. The number of carbonyl (C=O) groups is 1. The molecule has 1 saturated heterocycles. The molecule has 0 bridgehead atoms. The van der Waals surface area contributed by atoms with E-state index in [2.05, 4.69) is 12.2 Å². The number of hydrogen-bond acceptors (Lipinski definition) is 4. The molecular weight excluding hydrogens is 434 g/mol. The zero-order valence-electron chi connectivity index (χ0n) is 18.1. The summed E-state index contributed by atoms with van der Waals surface area (Å²) >= 11 is 6.02. The molecule has 0 spiro atoms. The Morgan fingerprint density at radius 2 is 1.77 bits per heavy atom. The summed E-state index contributed by atoms with van der Waals surface area (Å²) in [4.78, 5) is 14.8. The molecule has 0 radical (unpaired) electrons. The summed E-state index contributed by atoms with van der Waals surface area (Å²) in [6, 6.07) is 14.4. The summed E-state index contributed by atoms with van der Waals surface area (Å²) in [5, 5.41) is 3.62. The highest BCUT2D eigenvalue weighted by molar-refractivity contribution is 7.89. The number of rotatable bonds is 8. The minimum atomic E-state index is -3.51. The molecule has 1 atom stereocenters. The van der Waals surface area contributed by atoms with Gasteiger partial charge in [-0.05, 0) is 48.7 Å². The SMILES string of the molecule is CCCc1ccc(S(=O)(=O)N2CCN(CC(=O)NC(C)c3cccc(Cl)c3)CC2)cc1. The summed E-state index contributed by atoms with van der Waals surface area (Å²) in [5.74, 6) is -0.0877. The molecule has 31 heavy (non-hydrogen) atoms. The second-order valence-corrected chi connectivity index (χ2v) is 10.3. The third-order valence-corrected chi connectivity index (χ3v) is 7.67. The number of nitrogens with zero attached hydrogens (tertiary/aromatic N) is 2. The molecule has 1 amide bonds. The quantitative estimate of drug-likeness (QED) is 0.650. The zero-order valence-corrected chi connectivity index (χ0v) is 19.6. The lowest BCUT2D eigenvalue weighted by atomic mass is 10.1. The van der Waals surface area contributed by atoms with E-state index in [0.717, 1.165) is 24.0 Å². The van der Waals surface area contributed by atoms with E-state index in [-0.39, 0.29) is 18.5 Å². The van der Waals surface area contributed by atoms with Crippen LogP contribution in [0, 0.1) is 0 Å². The third-order valence-electron chi connectivity index (χ3n) is 5.52. The molecule has 1 unspecified atom stereocenters. The van der Waals surface area contributed by atoms with E-state index in [1.807, 2.05) is 42.2 Å². The maximum absolute atomic E-state index is 12.9. The number of sulfonamides is 1. The van der Waals surface area contributed by atoms with Crippen molar-refractivity contribution in [3.05, 3.63) is 64.7 Å². The molecule has 3 rings (SSSR count). The van der Waals surface area contributed by atoms with Gasteiger partial charge in [-0.2, -0.15) is 4.31 Å². The minimum absolute atomic E-state index is 0.0877. The Hall–Kier alpha value is -1.93. The lowest BCUT2D eigenvalue weighted by molar-refractivity contribution is -0.123. The summed E-state index contributed by atoms with van der Waals surface area (Å²) in [5.41, 5.74) is 2.09. The van der Waals surface area contributed by atoms with Crippen LogP contribution in [-0.4, -0.2) is 56.3 Å². The summed E-state index contributed by atoms with van der Waals surface area (Å²) in [6.45, 7) is 6.04. The van der Waals surface area contributed by atoms with Gasteiger partial charge in [0.05, 0.1) is 17.5 Å². The van der Waals surface area contributed by atoms with Crippen molar-refractivity contribution in [3.63, 3.8) is 0 Å². The van der Waals surface area contributed by atoms with E-state index in [1.165, 1.54) is 4.31 Å². The van der Waals surface area contributed by atoms with Crippen LogP contribution in [0.1, 0.15) is 37.4 Å².